The number of hydrogen-bond acceptors (Lipinski definition) is 2. The SMILES string of the molecule is CC(C(=O)O)[C@@H]1CC[C@@H](C)C(=O)C1. The van der Waals surface area contributed by atoms with Gasteiger partial charge in [-0.25, -0.2) is 0 Å². The average molecular weight is 184 g/mol. The summed E-state index contributed by atoms with van der Waals surface area (Å²) < 4.78 is 0. The van der Waals surface area contributed by atoms with Gasteiger partial charge >= 0.3 is 5.97 Å². The molecule has 1 unspecified atom stereocenters. The second-order valence-electron chi connectivity index (χ2n) is 4.04. The molecule has 1 saturated carbocycles. The Morgan fingerprint density at radius 3 is 2.62 bits per heavy atom. The minimum Gasteiger partial charge on any atom is -0.481 e. The van der Waals surface area contributed by atoms with Crippen LogP contribution in [0.3, 0.4) is 0 Å². The highest BCUT2D eigenvalue weighted by Crippen LogP contribution is 2.30. The molecular weight excluding hydrogens is 168 g/mol. The fourth-order valence-electron chi connectivity index (χ4n) is 1.82. The molecule has 1 aliphatic rings. The van der Waals surface area contributed by atoms with Gasteiger partial charge in [-0.3, -0.25) is 9.59 Å². The lowest BCUT2D eigenvalue weighted by molar-refractivity contribution is -0.144. The number of aliphatic carboxylic acids is 1. The van der Waals surface area contributed by atoms with Gasteiger partial charge in [-0.1, -0.05) is 13.8 Å². The van der Waals surface area contributed by atoms with E-state index >= 15 is 0 Å². The molecule has 0 spiro atoms. The van der Waals surface area contributed by atoms with Crippen LogP contribution in [0.1, 0.15) is 33.1 Å². The number of Topliss-reactive ketones (excluding diaryl/α,β-unsaturated/α-hetero) is 1. The molecule has 0 aromatic rings. The van der Waals surface area contributed by atoms with Gasteiger partial charge in [0, 0.05) is 12.3 Å². The molecule has 0 amide bonds. The average Bonchev–Trinajstić information content (AvgIpc) is 2.08. The molecule has 13 heavy (non-hydrogen) atoms. The van der Waals surface area contributed by atoms with Crippen molar-refractivity contribution in [1.82, 2.24) is 0 Å². The number of ketones is 1. The van der Waals surface area contributed by atoms with Gasteiger partial charge in [-0.05, 0) is 18.8 Å². The van der Waals surface area contributed by atoms with Gasteiger partial charge in [0.2, 0.25) is 0 Å². The minimum atomic E-state index is -0.785. The van der Waals surface area contributed by atoms with E-state index in [1.54, 1.807) is 6.92 Å². The number of carbonyl (C=O) groups is 2. The van der Waals surface area contributed by atoms with E-state index in [-0.39, 0.29) is 23.5 Å². The Labute approximate surface area is 78.1 Å². The third-order valence-corrected chi connectivity index (χ3v) is 3.08. The molecule has 0 saturated heterocycles. The molecule has 0 aromatic heterocycles. The summed E-state index contributed by atoms with van der Waals surface area (Å²) in [7, 11) is 0. The van der Waals surface area contributed by atoms with Gasteiger partial charge in [-0.15, -0.1) is 0 Å². The largest absolute Gasteiger partial charge is 0.481 e. The van der Waals surface area contributed by atoms with E-state index in [4.69, 9.17) is 5.11 Å². The van der Waals surface area contributed by atoms with Crippen molar-refractivity contribution < 1.29 is 14.7 Å². The molecule has 1 fully saturated rings. The van der Waals surface area contributed by atoms with E-state index in [0.717, 1.165) is 12.8 Å². The Bertz CT molecular complexity index is 222. The summed E-state index contributed by atoms with van der Waals surface area (Å²) in [6.07, 6.45) is 2.18. The first-order chi connectivity index (χ1) is 6.02. The smallest absolute Gasteiger partial charge is 0.306 e. The molecule has 0 bridgehead atoms. The maximum Gasteiger partial charge on any atom is 0.306 e. The zero-order valence-corrected chi connectivity index (χ0v) is 8.12. The maximum absolute atomic E-state index is 11.3. The summed E-state index contributed by atoms with van der Waals surface area (Å²) in [6.45, 7) is 3.61. The van der Waals surface area contributed by atoms with Crippen LogP contribution in [0.15, 0.2) is 0 Å². The van der Waals surface area contributed by atoms with Crippen LogP contribution in [0.2, 0.25) is 0 Å². The first-order valence-electron chi connectivity index (χ1n) is 4.78. The van der Waals surface area contributed by atoms with Gasteiger partial charge < -0.3 is 5.11 Å². The zero-order valence-electron chi connectivity index (χ0n) is 8.12. The summed E-state index contributed by atoms with van der Waals surface area (Å²) >= 11 is 0. The van der Waals surface area contributed by atoms with E-state index in [2.05, 4.69) is 0 Å². The summed E-state index contributed by atoms with van der Waals surface area (Å²) in [6, 6.07) is 0. The number of carbonyl (C=O) groups excluding carboxylic acids is 1. The Hall–Kier alpha value is -0.860. The Kier molecular flexibility index (Phi) is 3.07. The number of carboxylic acids is 1. The summed E-state index contributed by atoms with van der Waals surface area (Å²) in [4.78, 5) is 22.0. The molecule has 1 aliphatic carbocycles. The van der Waals surface area contributed by atoms with Crippen molar-refractivity contribution in [2.75, 3.05) is 0 Å². The monoisotopic (exact) mass is 184 g/mol. The molecule has 0 aliphatic heterocycles. The quantitative estimate of drug-likeness (QED) is 0.710. The first kappa shape index (κ1) is 10.2. The van der Waals surface area contributed by atoms with E-state index in [9.17, 15) is 9.59 Å². The van der Waals surface area contributed by atoms with Crippen LogP contribution >= 0.6 is 0 Å². The second kappa shape index (κ2) is 3.90. The number of hydrogen-bond donors (Lipinski definition) is 1. The molecule has 3 heteroatoms. The maximum atomic E-state index is 11.3. The molecule has 1 N–H and O–H groups in total. The van der Waals surface area contributed by atoms with Crippen LogP contribution in [-0.2, 0) is 9.59 Å². The Morgan fingerprint density at radius 1 is 1.54 bits per heavy atom. The van der Waals surface area contributed by atoms with Gasteiger partial charge in [0.1, 0.15) is 5.78 Å². The number of carboxylic acid groups (broad SMARTS) is 1. The third-order valence-electron chi connectivity index (χ3n) is 3.08. The van der Waals surface area contributed by atoms with Crippen molar-refractivity contribution in [1.29, 1.82) is 0 Å². The molecule has 74 valence electrons. The highest BCUT2D eigenvalue weighted by Gasteiger charge is 2.31. The zero-order chi connectivity index (χ0) is 10.0. The van der Waals surface area contributed by atoms with Crippen LogP contribution in [0.5, 0.6) is 0 Å². The van der Waals surface area contributed by atoms with Crippen LogP contribution in [0.25, 0.3) is 0 Å². The molecule has 0 aromatic carbocycles. The summed E-state index contributed by atoms with van der Waals surface area (Å²) in [5.41, 5.74) is 0. The highest BCUT2D eigenvalue weighted by atomic mass is 16.4. The normalized spacial score (nSPS) is 31.4. The fourth-order valence-corrected chi connectivity index (χ4v) is 1.82. The second-order valence-corrected chi connectivity index (χ2v) is 4.04. The van der Waals surface area contributed by atoms with E-state index in [0.29, 0.717) is 6.42 Å². The molecule has 0 heterocycles. The van der Waals surface area contributed by atoms with E-state index in [1.165, 1.54) is 0 Å². The lowest BCUT2D eigenvalue weighted by Crippen LogP contribution is -2.30. The summed E-state index contributed by atoms with van der Waals surface area (Å²) in [5.74, 6) is -0.744. The number of rotatable bonds is 2. The van der Waals surface area contributed by atoms with Gasteiger partial charge in [0.05, 0.1) is 5.92 Å². The van der Waals surface area contributed by atoms with Crippen molar-refractivity contribution >= 4 is 11.8 Å². The Morgan fingerprint density at radius 2 is 2.15 bits per heavy atom. The lowest BCUT2D eigenvalue weighted by Gasteiger charge is -2.27. The lowest BCUT2D eigenvalue weighted by atomic mass is 9.76. The molecule has 3 nitrogen and oxygen atoms in total. The topological polar surface area (TPSA) is 54.4 Å². The van der Waals surface area contributed by atoms with Gasteiger partial charge in [-0.2, -0.15) is 0 Å². The van der Waals surface area contributed by atoms with E-state index in [1.807, 2.05) is 6.92 Å². The molecular formula is C10H16O3. The highest BCUT2D eigenvalue weighted by molar-refractivity contribution is 5.82. The van der Waals surface area contributed by atoms with Crippen LogP contribution in [0.4, 0.5) is 0 Å². The molecule has 3 atom stereocenters. The first-order valence-corrected chi connectivity index (χ1v) is 4.78. The van der Waals surface area contributed by atoms with Crippen LogP contribution < -0.4 is 0 Å². The standard InChI is InChI=1S/C10H16O3/c1-6-3-4-8(5-9(6)11)7(2)10(12)13/h6-8H,3-5H2,1-2H3,(H,12,13)/t6-,7?,8-/m1/s1. The van der Waals surface area contributed by atoms with Crippen molar-refractivity contribution in [2.45, 2.75) is 33.1 Å². The minimum absolute atomic E-state index is 0.0567. The fraction of sp³-hybridized carbons (Fsp3) is 0.800. The van der Waals surface area contributed by atoms with Crippen LogP contribution in [0, 0.1) is 17.8 Å². The van der Waals surface area contributed by atoms with Gasteiger partial charge in [0.25, 0.3) is 0 Å². The van der Waals surface area contributed by atoms with Crippen LogP contribution in [-0.4, -0.2) is 16.9 Å². The van der Waals surface area contributed by atoms with Crippen molar-refractivity contribution in [3.05, 3.63) is 0 Å². The van der Waals surface area contributed by atoms with E-state index < -0.39 is 5.97 Å². The van der Waals surface area contributed by atoms with Crippen molar-refractivity contribution in [2.24, 2.45) is 17.8 Å². The van der Waals surface area contributed by atoms with Crippen molar-refractivity contribution in [3.8, 4) is 0 Å². The third kappa shape index (κ3) is 2.29. The molecule has 1 rings (SSSR count). The van der Waals surface area contributed by atoms with Gasteiger partial charge in [0.15, 0.2) is 0 Å². The summed E-state index contributed by atoms with van der Waals surface area (Å²) in [5, 5.41) is 8.78. The Balaban J connectivity index is 2.55. The predicted octanol–water partition coefficient (Wildman–Crippen LogP) is 1.71. The molecule has 0 radical (unpaired) electrons. The van der Waals surface area contributed by atoms with Crippen molar-refractivity contribution in [3.63, 3.8) is 0 Å². The predicted molar refractivity (Wildman–Crippen MR) is 48.3 cm³/mol.